The molecule has 24 heavy (non-hydrogen) atoms. The smallest absolute Gasteiger partial charge is 0.193 e. The van der Waals surface area contributed by atoms with Gasteiger partial charge in [-0.3, -0.25) is 0 Å². The van der Waals surface area contributed by atoms with Crippen LogP contribution in [0.15, 0.2) is 71.7 Å². The Kier molecular flexibility index (Phi) is 6.43. The third kappa shape index (κ3) is 4.61. The van der Waals surface area contributed by atoms with Gasteiger partial charge in [-0.05, 0) is 46.7 Å². The highest BCUT2D eigenvalue weighted by Gasteiger charge is 1.98. The van der Waals surface area contributed by atoms with E-state index >= 15 is 0 Å². The van der Waals surface area contributed by atoms with Crippen molar-refractivity contribution in [2.24, 2.45) is 10.7 Å². The molecule has 0 saturated heterocycles. The molecule has 3 aromatic carbocycles. The topological polar surface area (TPSA) is 59.6 Å². The van der Waals surface area contributed by atoms with E-state index < -0.39 is 0 Å². The Bertz CT molecular complexity index is 831. The Morgan fingerprint density at radius 3 is 2.42 bits per heavy atom. The van der Waals surface area contributed by atoms with Crippen molar-refractivity contribution in [3.05, 3.63) is 72.3 Å². The Morgan fingerprint density at radius 2 is 1.71 bits per heavy atom. The Labute approximate surface area is 158 Å². The second-order valence-electron chi connectivity index (χ2n) is 5.24. The molecule has 5 heteroatoms. The number of anilines is 1. The number of nitrogens with one attached hydrogen (secondary N) is 1. The van der Waals surface area contributed by atoms with Gasteiger partial charge in [-0.2, -0.15) is 0 Å². The number of benzene rings is 3. The number of fused-ring (bicyclic) bond motifs is 1. The molecule has 0 heterocycles. The summed E-state index contributed by atoms with van der Waals surface area (Å²) >= 11 is 0. The van der Waals surface area contributed by atoms with Gasteiger partial charge in [-0.25, -0.2) is 4.99 Å². The highest BCUT2D eigenvalue weighted by atomic mass is 127. The molecule has 0 aliphatic rings. The minimum Gasteiger partial charge on any atom is -0.497 e. The first-order chi connectivity index (χ1) is 11.2. The van der Waals surface area contributed by atoms with Gasteiger partial charge in [0, 0.05) is 5.69 Å². The molecule has 124 valence electrons. The third-order valence-corrected chi connectivity index (χ3v) is 3.61. The molecule has 0 aliphatic carbocycles. The van der Waals surface area contributed by atoms with E-state index in [-0.39, 0.29) is 24.0 Å². The number of aliphatic imine (C=N–C) groups is 1. The SMILES string of the molecule is COc1ccc(NC(N)=NCc2ccc3ccccc3c2)cc1.I. The fourth-order valence-electron chi connectivity index (χ4n) is 2.38. The van der Waals surface area contributed by atoms with Gasteiger partial charge < -0.3 is 15.8 Å². The molecule has 0 bridgehead atoms. The number of nitrogens with zero attached hydrogens (tertiary/aromatic N) is 1. The molecule has 0 aromatic heterocycles. The average Bonchev–Trinajstić information content (AvgIpc) is 2.60. The van der Waals surface area contributed by atoms with E-state index in [9.17, 15) is 0 Å². The summed E-state index contributed by atoms with van der Waals surface area (Å²) in [5.41, 5.74) is 7.95. The number of hydrogen-bond donors (Lipinski definition) is 2. The number of rotatable bonds is 4. The molecule has 0 radical (unpaired) electrons. The average molecular weight is 433 g/mol. The molecular formula is C19H20IN3O. The van der Waals surface area contributed by atoms with Crippen LogP contribution in [-0.2, 0) is 6.54 Å². The van der Waals surface area contributed by atoms with Gasteiger partial charge >= 0.3 is 0 Å². The van der Waals surface area contributed by atoms with Crippen molar-refractivity contribution in [3.8, 4) is 5.75 Å². The number of nitrogens with two attached hydrogens (primary N) is 1. The van der Waals surface area contributed by atoms with Gasteiger partial charge in [0.25, 0.3) is 0 Å². The van der Waals surface area contributed by atoms with Crippen molar-refractivity contribution in [1.29, 1.82) is 0 Å². The van der Waals surface area contributed by atoms with E-state index in [2.05, 4.69) is 40.6 Å². The second-order valence-corrected chi connectivity index (χ2v) is 5.24. The third-order valence-electron chi connectivity index (χ3n) is 3.61. The number of ether oxygens (including phenoxy) is 1. The van der Waals surface area contributed by atoms with E-state index in [0.717, 1.165) is 17.0 Å². The summed E-state index contributed by atoms with van der Waals surface area (Å²) in [5.74, 6) is 1.20. The second kappa shape index (κ2) is 8.54. The van der Waals surface area contributed by atoms with Crippen LogP contribution in [0.1, 0.15) is 5.56 Å². The van der Waals surface area contributed by atoms with Crippen LogP contribution in [0.4, 0.5) is 5.69 Å². The molecule has 0 saturated carbocycles. The lowest BCUT2D eigenvalue weighted by atomic mass is 10.1. The van der Waals surface area contributed by atoms with Gasteiger partial charge in [0.05, 0.1) is 13.7 Å². The van der Waals surface area contributed by atoms with Crippen LogP contribution in [0.2, 0.25) is 0 Å². The van der Waals surface area contributed by atoms with Crippen molar-refractivity contribution in [2.75, 3.05) is 12.4 Å². The number of guanidine groups is 1. The summed E-state index contributed by atoms with van der Waals surface area (Å²) in [6.45, 7) is 0.541. The molecule has 3 aromatic rings. The lowest BCUT2D eigenvalue weighted by Crippen LogP contribution is -2.22. The van der Waals surface area contributed by atoms with E-state index in [4.69, 9.17) is 10.5 Å². The first kappa shape index (κ1) is 18.1. The molecule has 0 spiro atoms. The first-order valence-corrected chi connectivity index (χ1v) is 7.43. The van der Waals surface area contributed by atoms with Crippen LogP contribution in [0.3, 0.4) is 0 Å². The minimum atomic E-state index is 0. The van der Waals surface area contributed by atoms with Crippen LogP contribution >= 0.6 is 24.0 Å². The van der Waals surface area contributed by atoms with Gasteiger partial charge in [0.15, 0.2) is 5.96 Å². The predicted molar refractivity (Wildman–Crippen MR) is 111 cm³/mol. The largest absolute Gasteiger partial charge is 0.497 e. The van der Waals surface area contributed by atoms with E-state index in [1.54, 1.807) is 7.11 Å². The van der Waals surface area contributed by atoms with Crippen LogP contribution in [0, 0.1) is 0 Å². The van der Waals surface area contributed by atoms with Gasteiger partial charge in [-0.15, -0.1) is 24.0 Å². The van der Waals surface area contributed by atoms with Gasteiger partial charge in [0.1, 0.15) is 5.75 Å². The van der Waals surface area contributed by atoms with Crippen molar-refractivity contribution < 1.29 is 4.74 Å². The molecule has 0 atom stereocenters. The fraction of sp³-hybridized carbons (Fsp3) is 0.105. The normalized spacial score (nSPS) is 11.0. The summed E-state index contributed by atoms with van der Waals surface area (Å²) in [6, 6.07) is 22.1. The standard InChI is InChI=1S/C19H19N3O.HI/c1-23-18-10-8-17(9-11-18)22-19(20)21-13-14-6-7-15-4-2-3-5-16(15)12-14;/h2-12H,13H2,1H3,(H3,20,21,22);1H. The van der Waals surface area contributed by atoms with Crippen molar-refractivity contribution in [3.63, 3.8) is 0 Å². The zero-order valence-corrected chi connectivity index (χ0v) is 15.7. The summed E-state index contributed by atoms with van der Waals surface area (Å²) in [6.07, 6.45) is 0. The molecule has 4 nitrogen and oxygen atoms in total. The Morgan fingerprint density at radius 1 is 1.00 bits per heavy atom. The molecule has 0 aliphatic heterocycles. The summed E-state index contributed by atoms with van der Waals surface area (Å²) in [5, 5.41) is 5.51. The summed E-state index contributed by atoms with van der Waals surface area (Å²) < 4.78 is 5.13. The maximum atomic E-state index is 5.94. The highest BCUT2D eigenvalue weighted by molar-refractivity contribution is 14.0. The van der Waals surface area contributed by atoms with Gasteiger partial charge in [0.2, 0.25) is 0 Å². The Balaban J connectivity index is 0.00000208. The maximum Gasteiger partial charge on any atom is 0.193 e. The highest BCUT2D eigenvalue weighted by Crippen LogP contribution is 2.17. The zero-order valence-electron chi connectivity index (χ0n) is 13.4. The minimum absolute atomic E-state index is 0. The van der Waals surface area contributed by atoms with E-state index in [1.807, 2.05) is 36.4 Å². The molecular weight excluding hydrogens is 413 g/mol. The maximum absolute atomic E-state index is 5.94. The molecule has 0 fully saturated rings. The predicted octanol–water partition coefficient (Wildman–Crippen LogP) is 4.39. The summed E-state index contributed by atoms with van der Waals surface area (Å²) in [7, 11) is 1.64. The number of halogens is 1. The number of methoxy groups -OCH3 is 1. The van der Waals surface area contributed by atoms with Gasteiger partial charge in [-0.1, -0.05) is 36.4 Å². The van der Waals surface area contributed by atoms with E-state index in [0.29, 0.717) is 12.5 Å². The fourth-order valence-corrected chi connectivity index (χ4v) is 2.38. The van der Waals surface area contributed by atoms with Crippen molar-refractivity contribution in [2.45, 2.75) is 6.54 Å². The first-order valence-electron chi connectivity index (χ1n) is 7.43. The zero-order chi connectivity index (χ0) is 16.1. The van der Waals surface area contributed by atoms with Crippen molar-refractivity contribution in [1.82, 2.24) is 0 Å². The summed E-state index contributed by atoms with van der Waals surface area (Å²) in [4.78, 5) is 4.39. The molecule has 3 rings (SSSR count). The Hall–Kier alpha value is -2.28. The monoisotopic (exact) mass is 433 g/mol. The lowest BCUT2D eigenvalue weighted by molar-refractivity contribution is 0.415. The van der Waals surface area contributed by atoms with Crippen LogP contribution < -0.4 is 15.8 Å². The lowest BCUT2D eigenvalue weighted by Gasteiger charge is -2.07. The van der Waals surface area contributed by atoms with Crippen LogP contribution in [0.25, 0.3) is 10.8 Å². The van der Waals surface area contributed by atoms with Crippen LogP contribution in [-0.4, -0.2) is 13.1 Å². The quantitative estimate of drug-likeness (QED) is 0.365. The van der Waals surface area contributed by atoms with E-state index in [1.165, 1.54) is 10.8 Å². The molecule has 3 N–H and O–H groups in total. The van der Waals surface area contributed by atoms with Crippen LogP contribution in [0.5, 0.6) is 5.75 Å². The molecule has 0 amide bonds. The number of hydrogen-bond acceptors (Lipinski definition) is 2. The molecule has 0 unspecified atom stereocenters. The van der Waals surface area contributed by atoms with Crippen molar-refractivity contribution >= 4 is 46.4 Å².